The van der Waals surface area contributed by atoms with Crippen LogP contribution in [0.5, 0.6) is 5.75 Å². The van der Waals surface area contributed by atoms with Gasteiger partial charge in [-0.2, -0.15) is 0 Å². The Hall–Kier alpha value is -1.51. The molecule has 4 saturated carbocycles. The van der Waals surface area contributed by atoms with Gasteiger partial charge in [0.05, 0.1) is 7.11 Å². The number of nitrogens with two attached hydrogens (primary N) is 1. The van der Waals surface area contributed by atoms with Crippen LogP contribution in [0.4, 0.5) is 0 Å². The highest BCUT2D eigenvalue weighted by atomic mass is 16.5. The third-order valence-electron chi connectivity index (χ3n) is 7.63. The minimum Gasteiger partial charge on any atom is -0.497 e. The number of primary amides is 1. The molecule has 4 fully saturated rings. The normalized spacial score (nSPS) is 37.5. The van der Waals surface area contributed by atoms with Crippen molar-refractivity contribution < 1.29 is 9.53 Å². The minimum absolute atomic E-state index is 0.0000515. The monoisotopic (exact) mass is 327 g/mol. The standard InChI is InChI=1S/C21H29NO2/c1-20(2,19(22)23)21-11-13-7-14(12-21)9-16(8-13)18(21)15-5-4-6-17(10-15)24-3/h4-6,10,13-14,16,18H,7-9,11-12H2,1-3H3,(H2,22,23). The zero-order valence-corrected chi connectivity index (χ0v) is 15.0. The Labute approximate surface area is 145 Å². The van der Waals surface area contributed by atoms with Gasteiger partial charge in [0.1, 0.15) is 5.75 Å². The second-order valence-electron chi connectivity index (χ2n) is 9.01. The molecule has 130 valence electrons. The van der Waals surface area contributed by atoms with Gasteiger partial charge >= 0.3 is 0 Å². The Balaban J connectivity index is 1.85. The lowest BCUT2D eigenvalue weighted by Gasteiger charge is -2.66. The molecular formula is C21H29NO2. The van der Waals surface area contributed by atoms with Crippen LogP contribution in [0.3, 0.4) is 0 Å². The molecule has 3 unspecified atom stereocenters. The number of carbonyl (C=O) groups excluding carboxylic acids is 1. The van der Waals surface area contributed by atoms with Crippen LogP contribution in [0.25, 0.3) is 0 Å². The molecule has 5 rings (SSSR count). The van der Waals surface area contributed by atoms with Crippen molar-refractivity contribution in [2.24, 2.45) is 34.3 Å². The van der Waals surface area contributed by atoms with Crippen LogP contribution in [0.1, 0.15) is 57.4 Å². The smallest absolute Gasteiger partial charge is 0.223 e. The Morgan fingerprint density at radius 2 is 1.88 bits per heavy atom. The fourth-order valence-corrected chi connectivity index (χ4v) is 6.61. The quantitative estimate of drug-likeness (QED) is 0.904. The molecule has 1 amide bonds. The first-order valence-corrected chi connectivity index (χ1v) is 9.31. The van der Waals surface area contributed by atoms with Gasteiger partial charge in [-0.05, 0) is 78.9 Å². The Bertz CT molecular complexity index is 652. The van der Waals surface area contributed by atoms with Crippen molar-refractivity contribution in [2.75, 3.05) is 7.11 Å². The maximum absolute atomic E-state index is 12.4. The molecule has 0 aliphatic heterocycles. The van der Waals surface area contributed by atoms with Crippen molar-refractivity contribution in [3.8, 4) is 5.75 Å². The van der Waals surface area contributed by atoms with E-state index in [-0.39, 0.29) is 11.3 Å². The number of rotatable bonds is 4. The summed E-state index contributed by atoms with van der Waals surface area (Å²) in [5, 5.41) is 0. The second-order valence-corrected chi connectivity index (χ2v) is 9.01. The van der Waals surface area contributed by atoms with Gasteiger partial charge in [-0.15, -0.1) is 0 Å². The number of hydrogen-bond acceptors (Lipinski definition) is 2. The fourth-order valence-electron chi connectivity index (χ4n) is 6.61. The summed E-state index contributed by atoms with van der Waals surface area (Å²) in [6.45, 7) is 4.19. The molecule has 0 saturated heterocycles. The molecular weight excluding hydrogens is 298 g/mol. The second kappa shape index (κ2) is 5.24. The molecule has 4 bridgehead atoms. The van der Waals surface area contributed by atoms with Crippen LogP contribution >= 0.6 is 0 Å². The molecule has 3 atom stereocenters. The third kappa shape index (κ3) is 2.06. The van der Waals surface area contributed by atoms with Crippen molar-refractivity contribution >= 4 is 5.91 Å². The van der Waals surface area contributed by atoms with E-state index in [0.717, 1.165) is 30.4 Å². The molecule has 3 nitrogen and oxygen atoms in total. The topological polar surface area (TPSA) is 52.3 Å². The van der Waals surface area contributed by atoms with Gasteiger partial charge in [-0.3, -0.25) is 4.79 Å². The molecule has 0 radical (unpaired) electrons. The van der Waals surface area contributed by atoms with E-state index in [1.807, 2.05) is 6.07 Å². The molecule has 0 spiro atoms. The van der Waals surface area contributed by atoms with Gasteiger partial charge in [0.25, 0.3) is 0 Å². The Morgan fingerprint density at radius 3 is 2.46 bits per heavy atom. The van der Waals surface area contributed by atoms with E-state index in [0.29, 0.717) is 11.8 Å². The lowest BCUT2D eigenvalue weighted by molar-refractivity contribution is -0.161. The summed E-state index contributed by atoms with van der Waals surface area (Å²) in [7, 11) is 1.72. The maximum Gasteiger partial charge on any atom is 0.223 e. The van der Waals surface area contributed by atoms with Crippen LogP contribution in [0.2, 0.25) is 0 Å². The van der Waals surface area contributed by atoms with Crippen LogP contribution in [-0.4, -0.2) is 13.0 Å². The highest BCUT2D eigenvalue weighted by Gasteiger charge is 2.64. The zero-order valence-electron chi connectivity index (χ0n) is 15.0. The van der Waals surface area contributed by atoms with Crippen molar-refractivity contribution in [3.05, 3.63) is 29.8 Å². The summed E-state index contributed by atoms with van der Waals surface area (Å²) in [6, 6.07) is 8.51. The van der Waals surface area contributed by atoms with E-state index in [1.165, 1.54) is 24.8 Å². The summed E-state index contributed by atoms with van der Waals surface area (Å²) in [5.74, 6) is 3.43. The molecule has 2 N–H and O–H groups in total. The summed E-state index contributed by atoms with van der Waals surface area (Å²) in [5.41, 5.74) is 6.79. The number of benzene rings is 1. The molecule has 0 heterocycles. The van der Waals surface area contributed by atoms with Gasteiger partial charge in [0, 0.05) is 5.41 Å². The van der Waals surface area contributed by atoms with Crippen LogP contribution < -0.4 is 10.5 Å². The molecule has 3 heteroatoms. The SMILES string of the molecule is COc1cccc(C2C3CC4CC(C3)CC2(C(C)(C)C(N)=O)C4)c1. The Morgan fingerprint density at radius 1 is 1.21 bits per heavy atom. The van der Waals surface area contributed by atoms with E-state index in [9.17, 15) is 4.79 Å². The molecule has 4 aliphatic rings. The van der Waals surface area contributed by atoms with E-state index >= 15 is 0 Å². The van der Waals surface area contributed by atoms with Crippen LogP contribution in [-0.2, 0) is 4.79 Å². The first kappa shape index (κ1) is 16.0. The number of carbonyl (C=O) groups is 1. The van der Waals surface area contributed by atoms with Crippen molar-refractivity contribution in [3.63, 3.8) is 0 Å². The third-order valence-corrected chi connectivity index (χ3v) is 7.63. The van der Waals surface area contributed by atoms with Gasteiger partial charge in [-0.1, -0.05) is 26.0 Å². The van der Waals surface area contributed by atoms with E-state index in [2.05, 4.69) is 32.0 Å². The molecule has 1 aromatic carbocycles. The predicted octanol–water partition coefficient (Wildman–Crippen LogP) is 4.12. The zero-order chi connectivity index (χ0) is 17.1. The van der Waals surface area contributed by atoms with Crippen molar-refractivity contribution in [2.45, 2.75) is 51.9 Å². The van der Waals surface area contributed by atoms with Crippen LogP contribution in [0.15, 0.2) is 24.3 Å². The van der Waals surface area contributed by atoms with Gasteiger partial charge in [0.15, 0.2) is 0 Å². The van der Waals surface area contributed by atoms with Gasteiger partial charge in [0.2, 0.25) is 5.91 Å². The lowest BCUT2D eigenvalue weighted by Crippen LogP contribution is -2.60. The summed E-state index contributed by atoms with van der Waals surface area (Å²) in [6.07, 6.45) is 6.29. The van der Waals surface area contributed by atoms with E-state index in [4.69, 9.17) is 10.5 Å². The molecule has 4 aliphatic carbocycles. The summed E-state index contributed by atoms with van der Waals surface area (Å²) >= 11 is 0. The minimum atomic E-state index is -0.475. The summed E-state index contributed by atoms with van der Waals surface area (Å²) in [4.78, 5) is 12.4. The molecule has 0 aromatic heterocycles. The largest absolute Gasteiger partial charge is 0.497 e. The number of methoxy groups -OCH3 is 1. The Kier molecular flexibility index (Phi) is 3.49. The average Bonchev–Trinajstić information content (AvgIpc) is 2.53. The van der Waals surface area contributed by atoms with Crippen LogP contribution in [0, 0.1) is 28.6 Å². The van der Waals surface area contributed by atoms with Gasteiger partial charge in [-0.25, -0.2) is 0 Å². The predicted molar refractivity (Wildman–Crippen MR) is 94.7 cm³/mol. The highest BCUT2D eigenvalue weighted by Crippen LogP contribution is 2.71. The number of amides is 1. The molecule has 24 heavy (non-hydrogen) atoms. The van der Waals surface area contributed by atoms with Gasteiger partial charge < -0.3 is 10.5 Å². The lowest BCUT2D eigenvalue weighted by atomic mass is 9.38. The number of hydrogen-bond donors (Lipinski definition) is 1. The van der Waals surface area contributed by atoms with E-state index < -0.39 is 5.41 Å². The number of ether oxygens (including phenoxy) is 1. The molecule has 1 aromatic rings. The maximum atomic E-state index is 12.4. The van der Waals surface area contributed by atoms with Crippen molar-refractivity contribution in [1.29, 1.82) is 0 Å². The van der Waals surface area contributed by atoms with Crippen molar-refractivity contribution in [1.82, 2.24) is 0 Å². The summed E-state index contributed by atoms with van der Waals surface area (Å²) < 4.78 is 5.47. The fraction of sp³-hybridized carbons (Fsp3) is 0.667. The highest BCUT2D eigenvalue weighted by molar-refractivity contribution is 5.81. The first-order chi connectivity index (χ1) is 11.4. The van der Waals surface area contributed by atoms with E-state index in [1.54, 1.807) is 7.11 Å². The average molecular weight is 327 g/mol. The first-order valence-electron chi connectivity index (χ1n) is 9.31.